The molecule has 0 aromatic heterocycles. The summed E-state index contributed by atoms with van der Waals surface area (Å²) in [5.41, 5.74) is -0.115. The van der Waals surface area contributed by atoms with E-state index in [1.807, 2.05) is 5.32 Å². The van der Waals surface area contributed by atoms with Gasteiger partial charge in [-0.2, -0.15) is 0 Å². The number of urea groups is 1. The van der Waals surface area contributed by atoms with Crippen molar-refractivity contribution < 1.29 is 33.4 Å². The van der Waals surface area contributed by atoms with Crippen molar-refractivity contribution in [3.05, 3.63) is 63.4 Å². The van der Waals surface area contributed by atoms with Crippen molar-refractivity contribution in [1.29, 1.82) is 0 Å². The zero-order valence-corrected chi connectivity index (χ0v) is 16.3. The molecule has 1 aliphatic rings. The van der Waals surface area contributed by atoms with Gasteiger partial charge in [-0.3, -0.25) is 14.9 Å². The molecule has 1 fully saturated rings. The molecule has 0 atom stereocenters. The van der Waals surface area contributed by atoms with Crippen LogP contribution in [0.5, 0.6) is 5.75 Å². The zero-order valence-electron chi connectivity index (χ0n) is 14.8. The monoisotopic (exact) mass is 452 g/mol. The smallest absolute Gasteiger partial charge is 0.341 e. The van der Waals surface area contributed by atoms with Gasteiger partial charge >= 0.3 is 12.0 Å². The second-order valence-corrected chi connectivity index (χ2v) is 6.74. The van der Waals surface area contributed by atoms with Crippen molar-refractivity contribution in [3.8, 4) is 5.75 Å². The molecule has 0 radical (unpaired) electrons. The Morgan fingerprint density at radius 1 is 1.13 bits per heavy atom. The van der Waals surface area contributed by atoms with E-state index < -0.39 is 41.8 Å². The van der Waals surface area contributed by atoms with Crippen LogP contribution in [0.25, 0.3) is 6.08 Å². The van der Waals surface area contributed by atoms with Gasteiger partial charge in [0, 0.05) is 0 Å². The summed E-state index contributed by atoms with van der Waals surface area (Å²) in [7, 11) is 0. The van der Waals surface area contributed by atoms with Gasteiger partial charge in [0.1, 0.15) is 11.4 Å². The Kier molecular flexibility index (Phi) is 6.04. The largest absolute Gasteiger partial charge is 0.479 e. The van der Waals surface area contributed by atoms with E-state index in [0.717, 1.165) is 18.2 Å². The number of rotatable bonds is 5. The molecule has 154 valence electrons. The van der Waals surface area contributed by atoms with Crippen LogP contribution in [0.1, 0.15) is 5.56 Å². The Morgan fingerprint density at radius 2 is 1.73 bits per heavy atom. The van der Waals surface area contributed by atoms with E-state index in [0.29, 0.717) is 4.90 Å². The molecule has 2 aromatic carbocycles. The van der Waals surface area contributed by atoms with Crippen LogP contribution in [-0.2, 0) is 14.4 Å². The average molecular weight is 453 g/mol. The van der Waals surface area contributed by atoms with Crippen LogP contribution in [0.2, 0.25) is 10.0 Å². The molecular weight excluding hydrogens is 442 g/mol. The molecule has 4 amide bonds. The number of halogens is 3. The maximum absolute atomic E-state index is 13.1. The molecule has 2 aromatic rings. The summed E-state index contributed by atoms with van der Waals surface area (Å²) in [6.07, 6.45) is 1.15. The Bertz CT molecular complexity index is 1080. The van der Waals surface area contributed by atoms with Crippen molar-refractivity contribution in [3.63, 3.8) is 0 Å². The van der Waals surface area contributed by atoms with E-state index in [9.17, 15) is 23.6 Å². The fraction of sp³-hybridized carbons (Fsp3) is 0.0526. The standard InChI is InChI=1S/C19H11Cl2FN2O6/c20-13-6-9(7-14(21)16(13)30-8-15(25)26)5-12-17(27)23-19(29)24(18(12)28)11-3-1-10(22)2-4-11/h1-7H,8H2,(H,25,26)(H,23,27,29)/b12-5+. The number of ether oxygens (including phenoxy) is 1. The molecule has 30 heavy (non-hydrogen) atoms. The molecule has 0 bridgehead atoms. The van der Waals surface area contributed by atoms with E-state index in [2.05, 4.69) is 0 Å². The van der Waals surface area contributed by atoms with Crippen LogP contribution < -0.4 is 15.0 Å². The third-order valence-corrected chi connectivity index (χ3v) is 4.42. The number of amides is 4. The molecule has 8 nitrogen and oxygen atoms in total. The predicted octanol–water partition coefficient (Wildman–Crippen LogP) is 3.26. The minimum absolute atomic E-state index is 0.0502. The summed E-state index contributed by atoms with van der Waals surface area (Å²) in [4.78, 5) is 48.4. The second-order valence-electron chi connectivity index (χ2n) is 5.93. The number of hydrogen-bond donors (Lipinski definition) is 2. The fourth-order valence-electron chi connectivity index (χ4n) is 2.58. The molecule has 1 heterocycles. The average Bonchev–Trinajstić information content (AvgIpc) is 2.65. The quantitative estimate of drug-likeness (QED) is 0.531. The molecule has 2 N–H and O–H groups in total. The molecule has 11 heteroatoms. The van der Waals surface area contributed by atoms with Crippen LogP contribution in [0, 0.1) is 5.82 Å². The number of carboxylic acid groups (broad SMARTS) is 1. The zero-order chi connectivity index (χ0) is 22.0. The molecular formula is C19H11Cl2FN2O6. The highest BCUT2D eigenvalue weighted by Gasteiger charge is 2.36. The number of carbonyl (C=O) groups excluding carboxylic acids is 3. The molecule has 0 saturated carbocycles. The number of anilines is 1. The topological polar surface area (TPSA) is 113 Å². The number of aliphatic carboxylic acids is 1. The Balaban J connectivity index is 1.96. The maximum atomic E-state index is 13.1. The van der Waals surface area contributed by atoms with E-state index in [1.54, 1.807) is 0 Å². The lowest BCUT2D eigenvalue weighted by Gasteiger charge is -2.26. The molecule has 0 unspecified atom stereocenters. The molecule has 0 spiro atoms. The lowest BCUT2D eigenvalue weighted by atomic mass is 10.1. The molecule has 3 rings (SSSR count). The summed E-state index contributed by atoms with van der Waals surface area (Å²) < 4.78 is 18.1. The first-order chi connectivity index (χ1) is 14.2. The first-order valence-electron chi connectivity index (χ1n) is 8.18. The Labute approximate surface area is 178 Å². The lowest BCUT2D eigenvalue weighted by Crippen LogP contribution is -2.54. The highest BCUT2D eigenvalue weighted by Crippen LogP contribution is 2.35. The second kappa shape index (κ2) is 8.52. The SMILES string of the molecule is O=C(O)COc1c(Cl)cc(/C=C2\C(=O)NC(=O)N(c3ccc(F)cc3)C2=O)cc1Cl. The highest BCUT2D eigenvalue weighted by molar-refractivity contribution is 6.40. The number of carboxylic acids is 1. The number of hydrogen-bond acceptors (Lipinski definition) is 5. The van der Waals surface area contributed by atoms with E-state index in [-0.39, 0.29) is 27.0 Å². The van der Waals surface area contributed by atoms with Gasteiger partial charge in [0.25, 0.3) is 11.8 Å². The molecule has 0 aliphatic carbocycles. The summed E-state index contributed by atoms with van der Waals surface area (Å²) in [5, 5.41) is 10.6. The van der Waals surface area contributed by atoms with Gasteiger partial charge in [-0.15, -0.1) is 0 Å². The Hall–Kier alpha value is -3.43. The van der Waals surface area contributed by atoms with Crippen molar-refractivity contribution in [2.75, 3.05) is 11.5 Å². The number of barbiturate groups is 1. The molecule has 1 aliphatic heterocycles. The van der Waals surface area contributed by atoms with E-state index in [1.165, 1.54) is 24.3 Å². The number of nitrogens with zero attached hydrogens (tertiary/aromatic N) is 1. The van der Waals surface area contributed by atoms with Crippen molar-refractivity contribution in [2.45, 2.75) is 0 Å². The third kappa shape index (κ3) is 4.42. The van der Waals surface area contributed by atoms with Gasteiger partial charge in [0.2, 0.25) is 0 Å². The minimum atomic E-state index is -1.23. The van der Waals surface area contributed by atoms with Crippen molar-refractivity contribution in [2.24, 2.45) is 0 Å². The van der Waals surface area contributed by atoms with Gasteiger partial charge in [0.05, 0.1) is 15.7 Å². The first kappa shape index (κ1) is 21.3. The predicted molar refractivity (Wildman–Crippen MR) is 105 cm³/mol. The molecule has 1 saturated heterocycles. The van der Waals surface area contributed by atoms with Gasteiger partial charge < -0.3 is 9.84 Å². The van der Waals surface area contributed by atoms with Crippen LogP contribution in [0.4, 0.5) is 14.9 Å². The lowest BCUT2D eigenvalue weighted by molar-refractivity contribution is -0.139. The third-order valence-electron chi connectivity index (χ3n) is 3.86. The van der Waals surface area contributed by atoms with Gasteiger partial charge in [-0.05, 0) is 48.0 Å². The van der Waals surface area contributed by atoms with Gasteiger partial charge in [0.15, 0.2) is 12.4 Å². The van der Waals surface area contributed by atoms with Crippen LogP contribution in [0.3, 0.4) is 0 Å². The van der Waals surface area contributed by atoms with Crippen LogP contribution in [-0.4, -0.2) is 35.5 Å². The summed E-state index contributed by atoms with van der Waals surface area (Å²) in [6, 6.07) is 6.16. The first-order valence-corrected chi connectivity index (χ1v) is 8.93. The highest BCUT2D eigenvalue weighted by atomic mass is 35.5. The number of carbonyl (C=O) groups is 4. The number of imide groups is 2. The van der Waals surface area contributed by atoms with Gasteiger partial charge in [-0.1, -0.05) is 23.2 Å². The van der Waals surface area contributed by atoms with Crippen LogP contribution in [0.15, 0.2) is 42.0 Å². The van der Waals surface area contributed by atoms with E-state index >= 15 is 0 Å². The van der Waals surface area contributed by atoms with Crippen molar-refractivity contribution in [1.82, 2.24) is 5.32 Å². The van der Waals surface area contributed by atoms with Crippen molar-refractivity contribution >= 4 is 58.8 Å². The summed E-state index contributed by atoms with van der Waals surface area (Å²) in [5.74, 6) is -3.76. The maximum Gasteiger partial charge on any atom is 0.341 e. The normalized spacial score (nSPS) is 15.4. The summed E-state index contributed by atoms with van der Waals surface area (Å²) in [6.45, 7) is -0.671. The minimum Gasteiger partial charge on any atom is -0.479 e. The Morgan fingerprint density at radius 3 is 2.30 bits per heavy atom. The van der Waals surface area contributed by atoms with Gasteiger partial charge in [-0.25, -0.2) is 18.9 Å². The van der Waals surface area contributed by atoms with E-state index in [4.69, 9.17) is 33.0 Å². The van der Waals surface area contributed by atoms with Crippen LogP contribution >= 0.6 is 23.2 Å². The summed E-state index contributed by atoms with van der Waals surface area (Å²) >= 11 is 12.1. The number of benzene rings is 2. The number of nitrogens with one attached hydrogen (secondary N) is 1. The fourth-order valence-corrected chi connectivity index (χ4v) is 3.20.